The van der Waals surface area contributed by atoms with Gasteiger partial charge in [0.25, 0.3) is 0 Å². The summed E-state index contributed by atoms with van der Waals surface area (Å²) in [6, 6.07) is 0. The van der Waals surface area contributed by atoms with E-state index in [9.17, 15) is 0 Å². The first-order chi connectivity index (χ1) is 5.27. The van der Waals surface area contributed by atoms with Gasteiger partial charge in [0.05, 0.1) is 6.20 Å². The van der Waals surface area contributed by atoms with Crippen molar-refractivity contribution in [1.29, 1.82) is 0 Å². The molecule has 3 nitrogen and oxygen atoms in total. The minimum Gasteiger partial charge on any atom is -0.275 e. The van der Waals surface area contributed by atoms with Crippen LogP contribution in [0.4, 0.5) is 0 Å². The van der Waals surface area contributed by atoms with Crippen molar-refractivity contribution < 1.29 is 0 Å². The van der Waals surface area contributed by atoms with Gasteiger partial charge in [-0.05, 0) is 12.5 Å². The molecule has 0 saturated carbocycles. The molecule has 0 aliphatic rings. The Morgan fingerprint density at radius 1 is 1.36 bits per heavy atom. The SMILES string of the molecule is Cc1cncc2nn(C)cc12. The van der Waals surface area contributed by atoms with Crippen molar-refractivity contribution in [3.63, 3.8) is 0 Å². The van der Waals surface area contributed by atoms with Crippen LogP contribution in [-0.2, 0) is 7.05 Å². The Labute approximate surface area is 64.7 Å². The molecule has 0 aromatic carbocycles. The van der Waals surface area contributed by atoms with Crippen LogP contribution in [-0.4, -0.2) is 14.8 Å². The van der Waals surface area contributed by atoms with Crippen molar-refractivity contribution in [3.8, 4) is 0 Å². The molecule has 0 fully saturated rings. The summed E-state index contributed by atoms with van der Waals surface area (Å²) in [5.41, 5.74) is 2.14. The van der Waals surface area contributed by atoms with E-state index in [0.717, 1.165) is 5.52 Å². The van der Waals surface area contributed by atoms with Gasteiger partial charge >= 0.3 is 0 Å². The Kier molecular flexibility index (Phi) is 1.18. The molecule has 0 saturated heterocycles. The molecule has 2 aromatic heterocycles. The average Bonchev–Trinajstić information content (AvgIpc) is 2.31. The van der Waals surface area contributed by atoms with Crippen molar-refractivity contribution in [1.82, 2.24) is 14.8 Å². The molecule has 0 aliphatic heterocycles. The molecule has 2 aromatic rings. The normalized spacial score (nSPS) is 10.7. The maximum atomic E-state index is 4.23. The summed E-state index contributed by atoms with van der Waals surface area (Å²) in [5, 5.41) is 5.41. The summed E-state index contributed by atoms with van der Waals surface area (Å²) in [6.07, 6.45) is 5.64. The van der Waals surface area contributed by atoms with Crippen LogP contribution in [0, 0.1) is 6.92 Å². The molecule has 11 heavy (non-hydrogen) atoms. The fourth-order valence-electron chi connectivity index (χ4n) is 1.19. The first-order valence-corrected chi connectivity index (χ1v) is 3.51. The van der Waals surface area contributed by atoms with Crippen LogP contribution in [0.2, 0.25) is 0 Å². The zero-order valence-electron chi connectivity index (χ0n) is 6.57. The molecule has 56 valence electrons. The highest BCUT2D eigenvalue weighted by atomic mass is 15.2. The lowest BCUT2D eigenvalue weighted by Crippen LogP contribution is -1.84. The summed E-state index contributed by atoms with van der Waals surface area (Å²) < 4.78 is 1.80. The third-order valence-corrected chi connectivity index (χ3v) is 1.75. The zero-order chi connectivity index (χ0) is 7.84. The second kappa shape index (κ2) is 2.05. The lowest BCUT2D eigenvalue weighted by Gasteiger charge is -1.89. The van der Waals surface area contributed by atoms with Crippen molar-refractivity contribution in [2.24, 2.45) is 7.05 Å². The predicted octanol–water partition coefficient (Wildman–Crippen LogP) is 1.28. The smallest absolute Gasteiger partial charge is 0.111 e. The van der Waals surface area contributed by atoms with Crippen molar-refractivity contribution in [3.05, 3.63) is 24.2 Å². The predicted molar refractivity (Wildman–Crippen MR) is 43.2 cm³/mol. The quantitative estimate of drug-likeness (QED) is 0.562. The van der Waals surface area contributed by atoms with E-state index in [0.29, 0.717) is 0 Å². The Morgan fingerprint density at radius 3 is 2.91 bits per heavy atom. The lowest BCUT2D eigenvalue weighted by molar-refractivity contribution is 0.779. The van der Waals surface area contributed by atoms with E-state index in [2.05, 4.69) is 10.1 Å². The zero-order valence-corrected chi connectivity index (χ0v) is 6.57. The van der Waals surface area contributed by atoms with Gasteiger partial charge in [-0.2, -0.15) is 5.10 Å². The second-order valence-corrected chi connectivity index (χ2v) is 2.69. The maximum absolute atomic E-state index is 4.23. The van der Waals surface area contributed by atoms with Gasteiger partial charge in [0.1, 0.15) is 5.52 Å². The van der Waals surface area contributed by atoms with Gasteiger partial charge in [0.15, 0.2) is 0 Å². The number of aromatic nitrogens is 3. The first-order valence-electron chi connectivity index (χ1n) is 3.51. The van der Waals surface area contributed by atoms with E-state index >= 15 is 0 Å². The van der Waals surface area contributed by atoms with Gasteiger partial charge in [-0.3, -0.25) is 9.67 Å². The molecule has 0 radical (unpaired) electrons. The molecule has 0 bridgehead atoms. The highest BCUT2D eigenvalue weighted by Crippen LogP contribution is 2.13. The number of nitrogens with zero attached hydrogens (tertiary/aromatic N) is 3. The van der Waals surface area contributed by atoms with E-state index < -0.39 is 0 Å². The van der Waals surface area contributed by atoms with Gasteiger partial charge in [0, 0.05) is 24.8 Å². The van der Waals surface area contributed by atoms with Crippen LogP contribution in [0.1, 0.15) is 5.56 Å². The number of pyridine rings is 1. The number of fused-ring (bicyclic) bond motifs is 1. The molecule has 0 unspecified atom stereocenters. The fraction of sp³-hybridized carbons (Fsp3) is 0.250. The second-order valence-electron chi connectivity index (χ2n) is 2.69. The van der Waals surface area contributed by atoms with E-state index in [4.69, 9.17) is 0 Å². The Balaban J connectivity index is 2.90. The summed E-state index contributed by atoms with van der Waals surface area (Å²) in [5.74, 6) is 0. The van der Waals surface area contributed by atoms with Crippen LogP contribution >= 0.6 is 0 Å². The third kappa shape index (κ3) is 0.888. The van der Waals surface area contributed by atoms with E-state index in [-0.39, 0.29) is 0 Å². The highest BCUT2D eigenvalue weighted by Gasteiger charge is 1.99. The molecular weight excluding hydrogens is 138 g/mol. The maximum Gasteiger partial charge on any atom is 0.111 e. The van der Waals surface area contributed by atoms with Crippen LogP contribution in [0.5, 0.6) is 0 Å². The molecule has 3 heteroatoms. The molecule has 2 rings (SSSR count). The molecule has 2 heterocycles. The summed E-state index contributed by atoms with van der Waals surface area (Å²) in [6.45, 7) is 2.04. The van der Waals surface area contributed by atoms with Crippen LogP contribution in [0.3, 0.4) is 0 Å². The van der Waals surface area contributed by atoms with Gasteiger partial charge in [-0.25, -0.2) is 0 Å². The monoisotopic (exact) mass is 147 g/mol. The Hall–Kier alpha value is -1.38. The van der Waals surface area contributed by atoms with Crippen molar-refractivity contribution in [2.75, 3.05) is 0 Å². The van der Waals surface area contributed by atoms with Gasteiger partial charge < -0.3 is 0 Å². The average molecular weight is 147 g/mol. The first kappa shape index (κ1) is 6.34. The van der Waals surface area contributed by atoms with Crippen molar-refractivity contribution in [2.45, 2.75) is 6.92 Å². The number of rotatable bonds is 0. The van der Waals surface area contributed by atoms with E-state index in [1.54, 1.807) is 10.9 Å². The standard InChI is InChI=1S/C8H9N3/c1-6-3-9-4-8-7(6)5-11(2)10-8/h3-5H,1-2H3. The van der Waals surface area contributed by atoms with Crippen LogP contribution in [0.25, 0.3) is 10.9 Å². The summed E-state index contributed by atoms with van der Waals surface area (Å²) in [7, 11) is 1.92. The van der Waals surface area contributed by atoms with E-state index in [1.165, 1.54) is 10.9 Å². The Morgan fingerprint density at radius 2 is 2.18 bits per heavy atom. The van der Waals surface area contributed by atoms with Gasteiger partial charge in [-0.15, -0.1) is 0 Å². The van der Waals surface area contributed by atoms with Gasteiger partial charge in [0.2, 0.25) is 0 Å². The number of hydrogen-bond donors (Lipinski definition) is 0. The van der Waals surface area contributed by atoms with Crippen molar-refractivity contribution >= 4 is 10.9 Å². The number of aryl methyl sites for hydroxylation is 2. The Bertz CT molecular complexity index is 389. The molecule has 0 N–H and O–H groups in total. The van der Waals surface area contributed by atoms with Crippen LogP contribution in [0.15, 0.2) is 18.6 Å². The fourth-order valence-corrected chi connectivity index (χ4v) is 1.19. The molecule has 0 atom stereocenters. The molecular formula is C8H9N3. The summed E-state index contributed by atoms with van der Waals surface area (Å²) in [4.78, 5) is 4.05. The van der Waals surface area contributed by atoms with Crippen LogP contribution < -0.4 is 0 Å². The number of hydrogen-bond acceptors (Lipinski definition) is 2. The van der Waals surface area contributed by atoms with Gasteiger partial charge in [-0.1, -0.05) is 0 Å². The largest absolute Gasteiger partial charge is 0.275 e. The molecule has 0 spiro atoms. The molecule has 0 aliphatic carbocycles. The minimum absolute atomic E-state index is 0.965. The minimum atomic E-state index is 0.965. The highest BCUT2D eigenvalue weighted by molar-refractivity contribution is 5.80. The lowest BCUT2D eigenvalue weighted by atomic mass is 10.2. The summed E-state index contributed by atoms with van der Waals surface area (Å²) >= 11 is 0. The third-order valence-electron chi connectivity index (χ3n) is 1.75. The topological polar surface area (TPSA) is 30.7 Å². The molecule has 0 amide bonds. The van der Waals surface area contributed by atoms with E-state index in [1.807, 2.05) is 26.4 Å².